The molecule has 1 aromatic carbocycles. The molecule has 0 aliphatic carbocycles. The monoisotopic (exact) mass is 303 g/mol. The molecule has 108 valence electrons. The van der Waals surface area contributed by atoms with Crippen LogP contribution < -0.4 is 5.32 Å². The second-order valence-electron chi connectivity index (χ2n) is 4.14. The molecule has 0 saturated heterocycles. The van der Waals surface area contributed by atoms with E-state index in [1.165, 1.54) is 29.6 Å². The molecular formula is C14H13N3O3S. The van der Waals surface area contributed by atoms with E-state index in [9.17, 15) is 14.9 Å². The average Bonchev–Trinajstić information content (AvgIpc) is 2.93. The molecule has 7 heteroatoms. The number of hydrogen-bond acceptors (Lipinski definition) is 5. The van der Waals surface area contributed by atoms with Gasteiger partial charge in [-0.25, -0.2) is 4.98 Å². The molecule has 0 aliphatic heterocycles. The van der Waals surface area contributed by atoms with Crippen molar-refractivity contribution in [2.24, 2.45) is 0 Å². The number of carbonyl (C=O) groups excluding carboxylic acids is 1. The Balaban J connectivity index is 2.07. The maximum absolute atomic E-state index is 11.8. The molecule has 2 aromatic rings. The third kappa shape index (κ3) is 3.96. The van der Waals surface area contributed by atoms with Crippen molar-refractivity contribution < 1.29 is 9.72 Å². The van der Waals surface area contributed by atoms with Crippen molar-refractivity contribution in [2.75, 3.05) is 5.32 Å². The van der Waals surface area contributed by atoms with E-state index in [2.05, 4.69) is 10.3 Å². The van der Waals surface area contributed by atoms with Gasteiger partial charge in [-0.15, -0.1) is 11.3 Å². The number of benzene rings is 1. The Kier molecular flexibility index (Phi) is 4.78. The molecule has 0 atom stereocenters. The lowest BCUT2D eigenvalue weighted by Crippen LogP contribution is -2.07. The minimum absolute atomic E-state index is 0.0379. The first-order valence-electron chi connectivity index (χ1n) is 6.27. The largest absolute Gasteiger partial charge is 0.298 e. The van der Waals surface area contributed by atoms with Crippen LogP contribution in [0.3, 0.4) is 0 Å². The Morgan fingerprint density at radius 3 is 2.90 bits per heavy atom. The predicted molar refractivity (Wildman–Crippen MR) is 82.3 cm³/mol. The lowest BCUT2D eigenvalue weighted by atomic mass is 10.1. The number of hydrogen-bond donors (Lipinski definition) is 1. The third-order valence-electron chi connectivity index (χ3n) is 2.69. The van der Waals surface area contributed by atoms with Crippen LogP contribution in [0, 0.1) is 10.1 Å². The number of amides is 1. The minimum Gasteiger partial charge on any atom is -0.298 e. The Morgan fingerprint density at radius 1 is 1.48 bits per heavy atom. The fraction of sp³-hybridized carbons (Fsp3) is 0.143. The molecule has 0 bridgehead atoms. The summed E-state index contributed by atoms with van der Waals surface area (Å²) < 4.78 is 0. The van der Waals surface area contributed by atoms with Crippen LogP contribution in [0.1, 0.15) is 18.2 Å². The zero-order valence-electron chi connectivity index (χ0n) is 11.3. The summed E-state index contributed by atoms with van der Waals surface area (Å²) in [6.45, 7) is 1.98. The van der Waals surface area contributed by atoms with Gasteiger partial charge in [-0.1, -0.05) is 19.1 Å². The van der Waals surface area contributed by atoms with E-state index in [1.807, 2.05) is 12.3 Å². The molecule has 0 spiro atoms. The zero-order chi connectivity index (χ0) is 15.2. The number of anilines is 1. The fourth-order valence-corrected chi connectivity index (χ4v) is 2.43. The van der Waals surface area contributed by atoms with Crippen LogP contribution in [0.25, 0.3) is 6.08 Å². The number of carbonyl (C=O) groups is 1. The van der Waals surface area contributed by atoms with Crippen LogP contribution in [-0.2, 0) is 11.2 Å². The maximum Gasteiger partial charge on any atom is 0.276 e. The number of aryl methyl sites for hydroxylation is 1. The highest BCUT2D eigenvalue weighted by Crippen LogP contribution is 2.19. The maximum atomic E-state index is 11.8. The van der Waals surface area contributed by atoms with Gasteiger partial charge in [-0.3, -0.25) is 20.2 Å². The van der Waals surface area contributed by atoms with Crippen molar-refractivity contribution in [2.45, 2.75) is 13.3 Å². The Labute approximate surface area is 125 Å². The molecule has 0 saturated carbocycles. The van der Waals surface area contributed by atoms with Gasteiger partial charge < -0.3 is 0 Å². The van der Waals surface area contributed by atoms with Crippen molar-refractivity contribution in [1.82, 2.24) is 4.98 Å². The highest BCUT2D eigenvalue weighted by Gasteiger charge is 2.10. The topological polar surface area (TPSA) is 85.1 Å². The quantitative estimate of drug-likeness (QED) is 0.522. The van der Waals surface area contributed by atoms with Gasteiger partial charge in [-0.2, -0.15) is 0 Å². The van der Waals surface area contributed by atoms with Gasteiger partial charge >= 0.3 is 0 Å². The molecule has 6 nitrogen and oxygen atoms in total. The second kappa shape index (κ2) is 6.76. The standard InChI is InChI=1S/C14H13N3O3S/c1-2-11-9-21-14(15-11)16-13(18)8-7-10-5-3-4-6-12(10)17(19)20/h3-9H,2H2,1H3,(H,15,16,18)/b8-7+. The fourth-order valence-electron chi connectivity index (χ4n) is 1.63. The number of nitrogens with one attached hydrogen (secondary N) is 1. The number of rotatable bonds is 5. The van der Waals surface area contributed by atoms with Gasteiger partial charge in [0.05, 0.1) is 16.2 Å². The van der Waals surface area contributed by atoms with E-state index in [-0.39, 0.29) is 11.6 Å². The number of thiazole rings is 1. The normalized spacial score (nSPS) is 10.7. The van der Waals surface area contributed by atoms with E-state index < -0.39 is 4.92 Å². The smallest absolute Gasteiger partial charge is 0.276 e. The van der Waals surface area contributed by atoms with Gasteiger partial charge in [0.1, 0.15) is 0 Å². The summed E-state index contributed by atoms with van der Waals surface area (Å²) in [5, 5.41) is 15.9. The summed E-state index contributed by atoms with van der Waals surface area (Å²) in [6.07, 6.45) is 3.48. The van der Waals surface area contributed by atoms with Crippen LogP contribution in [0.5, 0.6) is 0 Å². The van der Waals surface area contributed by atoms with Crippen molar-refractivity contribution in [3.63, 3.8) is 0 Å². The van der Waals surface area contributed by atoms with Crippen LogP contribution in [-0.4, -0.2) is 15.8 Å². The Bertz CT molecular complexity index is 694. The first-order chi connectivity index (χ1) is 10.1. The van der Waals surface area contributed by atoms with Gasteiger partial charge in [0.2, 0.25) is 5.91 Å². The van der Waals surface area contributed by atoms with Gasteiger partial charge in [-0.05, 0) is 18.6 Å². The lowest BCUT2D eigenvalue weighted by Gasteiger charge is -1.97. The molecule has 1 N–H and O–H groups in total. The van der Waals surface area contributed by atoms with E-state index in [4.69, 9.17) is 0 Å². The van der Waals surface area contributed by atoms with Crippen LogP contribution >= 0.6 is 11.3 Å². The van der Waals surface area contributed by atoms with E-state index in [0.29, 0.717) is 10.7 Å². The lowest BCUT2D eigenvalue weighted by molar-refractivity contribution is -0.385. The summed E-state index contributed by atoms with van der Waals surface area (Å²) in [5.74, 6) is -0.370. The summed E-state index contributed by atoms with van der Waals surface area (Å²) in [5.41, 5.74) is 1.26. The molecule has 2 rings (SSSR count). The van der Waals surface area contributed by atoms with Crippen molar-refractivity contribution in [1.29, 1.82) is 0 Å². The van der Waals surface area contributed by atoms with Gasteiger partial charge in [0, 0.05) is 17.5 Å². The highest BCUT2D eigenvalue weighted by molar-refractivity contribution is 7.13. The first-order valence-corrected chi connectivity index (χ1v) is 7.15. The minimum atomic E-state index is -0.480. The van der Waals surface area contributed by atoms with Crippen LogP contribution in [0.2, 0.25) is 0 Å². The molecule has 1 amide bonds. The summed E-state index contributed by atoms with van der Waals surface area (Å²) in [7, 11) is 0. The average molecular weight is 303 g/mol. The van der Waals surface area contributed by atoms with E-state index in [0.717, 1.165) is 12.1 Å². The second-order valence-corrected chi connectivity index (χ2v) is 4.99. The van der Waals surface area contributed by atoms with E-state index in [1.54, 1.807) is 18.2 Å². The van der Waals surface area contributed by atoms with Gasteiger partial charge in [0.15, 0.2) is 5.13 Å². The highest BCUT2D eigenvalue weighted by atomic mass is 32.1. The predicted octanol–water partition coefficient (Wildman–Crippen LogP) is 3.27. The number of nitrogens with zero attached hydrogens (tertiary/aromatic N) is 2. The molecule has 1 heterocycles. The molecule has 1 aromatic heterocycles. The molecular weight excluding hydrogens is 290 g/mol. The summed E-state index contributed by atoms with van der Waals surface area (Å²) in [6, 6.07) is 6.24. The Morgan fingerprint density at radius 2 is 2.24 bits per heavy atom. The van der Waals surface area contributed by atoms with E-state index >= 15 is 0 Å². The number of para-hydroxylation sites is 1. The summed E-state index contributed by atoms with van der Waals surface area (Å²) in [4.78, 5) is 26.4. The number of nitro groups is 1. The zero-order valence-corrected chi connectivity index (χ0v) is 12.1. The van der Waals surface area contributed by atoms with Crippen LogP contribution in [0.15, 0.2) is 35.7 Å². The SMILES string of the molecule is CCc1csc(NC(=O)/C=C/c2ccccc2[N+](=O)[O-])n1. The Hall–Kier alpha value is -2.54. The van der Waals surface area contributed by atoms with Gasteiger partial charge in [0.25, 0.3) is 5.69 Å². The number of aromatic nitrogens is 1. The van der Waals surface area contributed by atoms with Crippen molar-refractivity contribution in [3.05, 3.63) is 57.1 Å². The molecule has 21 heavy (non-hydrogen) atoms. The molecule has 0 fully saturated rings. The van der Waals surface area contributed by atoms with Crippen LogP contribution in [0.4, 0.5) is 10.8 Å². The first kappa shape index (κ1) is 14.9. The van der Waals surface area contributed by atoms with Crippen molar-refractivity contribution in [3.8, 4) is 0 Å². The summed E-state index contributed by atoms with van der Waals surface area (Å²) >= 11 is 1.35. The molecule has 0 aliphatic rings. The molecule has 0 unspecified atom stereocenters. The molecule has 0 radical (unpaired) electrons. The van der Waals surface area contributed by atoms with Crippen molar-refractivity contribution >= 4 is 34.1 Å². The number of nitro benzene ring substituents is 1. The third-order valence-corrected chi connectivity index (χ3v) is 3.50.